The molecule has 0 spiro atoms. The lowest BCUT2D eigenvalue weighted by molar-refractivity contribution is -0.139. The monoisotopic (exact) mass is 272 g/mol. The first-order valence-electron chi connectivity index (χ1n) is 7.23. The molecule has 5 heteroatoms. The first-order chi connectivity index (χ1) is 9.04. The largest absolute Gasteiger partial charge is 0.480 e. The summed E-state index contributed by atoms with van der Waals surface area (Å²) in [5, 5.41) is 9.03. The average Bonchev–Trinajstić information content (AvgIpc) is 2.59. The van der Waals surface area contributed by atoms with Gasteiger partial charge in [0.25, 0.3) is 0 Å². The molecule has 0 radical (unpaired) electrons. The summed E-state index contributed by atoms with van der Waals surface area (Å²) < 4.78 is 5.09. The number of aliphatic carboxylic acids is 1. The van der Waals surface area contributed by atoms with E-state index in [-0.39, 0.29) is 6.54 Å². The van der Waals surface area contributed by atoms with Crippen molar-refractivity contribution in [2.75, 3.05) is 39.9 Å². The predicted molar refractivity (Wildman–Crippen MR) is 75.4 cm³/mol. The first kappa shape index (κ1) is 16.4. The van der Waals surface area contributed by atoms with Crippen molar-refractivity contribution in [1.29, 1.82) is 0 Å². The highest BCUT2D eigenvalue weighted by Gasteiger charge is 2.24. The van der Waals surface area contributed by atoms with Gasteiger partial charge in [-0.2, -0.15) is 0 Å². The normalized spacial score (nSPS) is 21.8. The van der Waals surface area contributed by atoms with Crippen LogP contribution in [0.4, 0.5) is 0 Å². The van der Waals surface area contributed by atoms with Crippen LogP contribution >= 0.6 is 0 Å². The number of likely N-dealkylation sites (tertiary alicyclic amines) is 1. The summed E-state index contributed by atoms with van der Waals surface area (Å²) in [5.41, 5.74) is 0. The van der Waals surface area contributed by atoms with Gasteiger partial charge in [-0.15, -0.1) is 0 Å². The van der Waals surface area contributed by atoms with Gasteiger partial charge in [0.15, 0.2) is 0 Å². The second-order valence-electron chi connectivity index (χ2n) is 5.57. The zero-order chi connectivity index (χ0) is 14.3. The number of carboxylic acids is 1. The first-order valence-corrected chi connectivity index (χ1v) is 7.23. The minimum absolute atomic E-state index is 0.121. The number of methoxy groups -OCH3 is 1. The molecule has 5 nitrogen and oxygen atoms in total. The maximum Gasteiger partial charge on any atom is 0.317 e. The fourth-order valence-electron chi connectivity index (χ4n) is 2.76. The number of hydrogen-bond acceptors (Lipinski definition) is 4. The van der Waals surface area contributed by atoms with Gasteiger partial charge in [-0.25, -0.2) is 0 Å². The lowest BCUT2D eigenvalue weighted by Gasteiger charge is -2.30. The molecule has 0 aromatic rings. The summed E-state index contributed by atoms with van der Waals surface area (Å²) in [5.74, 6) is -0.749. The van der Waals surface area contributed by atoms with Crippen molar-refractivity contribution in [3.05, 3.63) is 0 Å². The molecule has 1 unspecified atom stereocenters. The van der Waals surface area contributed by atoms with Crippen LogP contribution in [0.25, 0.3) is 0 Å². The van der Waals surface area contributed by atoms with Gasteiger partial charge in [-0.1, -0.05) is 0 Å². The van der Waals surface area contributed by atoms with E-state index in [0.29, 0.717) is 25.2 Å². The van der Waals surface area contributed by atoms with Gasteiger partial charge < -0.3 is 14.7 Å². The summed E-state index contributed by atoms with van der Waals surface area (Å²) in [6, 6.07) is 0.945. The Labute approximate surface area is 116 Å². The second kappa shape index (κ2) is 8.51. The summed E-state index contributed by atoms with van der Waals surface area (Å²) >= 11 is 0. The van der Waals surface area contributed by atoms with Crippen LogP contribution in [0, 0.1) is 0 Å². The van der Waals surface area contributed by atoms with Crippen LogP contribution in [0.15, 0.2) is 0 Å². The molecule has 0 saturated carbocycles. The smallest absolute Gasteiger partial charge is 0.317 e. The highest BCUT2D eigenvalue weighted by molar-refractivity contribution is 5.69. The minimum atomic E-state index is -0.749. The maximum absolute atomic E-state index is 11.0. The van der Waals surface area contributed by atoms with Crippen molar-refractivity contribution >= 4 is 5.97 Å². The highest BCUT2D eigenvalue weighted by atomic mass is 16.5. The number of rotatable bonds is 7. The molecule has 112 valence electrons. The number of hydrogen-bond donors (Lipinski definition) is 1. The molecule has 1 saturated heterocycles. The molecule has 0 aromatic heterocycles. The van der Waals surface area contributed by atoms with E-state index in [4.69, 9.17) is 9.84 Å². The number of carboxylic acid groups (broad SMARTS) is 1. The SMILES string of the molecule is COCCN(CC(=O)O)C1CCCN(C(C)C)CC1. The topological polar surface area (TPSA) is 53.0 Å². The van der Waals surface area contributed by atoms with Crippen LogP contribution < -0.4 is 0 Å². The third-order valence-electron chi connectivity index (χ3n) is 3.90. The zero-order valence-corrected chi connectivity index (χ0v) is 12.5. The molecule has 0 bridgehead atoms. The van der Waals surface area contributed by atoms with Crippen LogP contribution in [-0.4, -0.2) is 72.9 Å². The minimum Gasteiger partial charge on any atom is -0.480 e. The van der Waals surface area contributed by atoms with Crippen LogP contribution in [0.5, 0.6) is 0 Å². The molecule has 1 heterocycles. The lowest BCUT2D eigenvalue weighted by atomic mass is 10.1. The number of carbonyl (C=O) groups is 1. The van der Waals surface area contributed by atoms with Gasteiger partial charge in [0, 0.05) is 25.7 Å². The standard InChI is InChI=1S/C14H28N2O3/c1-12(2)15-7-4-5-13(6-8-15)16(9-10-19-3)11-14(17)18/h12-13H,4-11H2,1-3H3,(H,17,18). The highest BCUT2D eigenvalue weighted by Crippen LogP contribution is 2.18. The zero-order valence-electron chi connectivity index (χ0n) is 12.5. The molecule has 1 aliphatic heterocycles. The third kappa shape index (κ3) is 5.89. The third-order valence-corrected chi connectivity index (χ3v) is 3.90. The molecule has 19 heavy (non-hydrogen) atoms. The molecule has 1 N–H and O–H groups in total. The maximum atomic E-state index is 11.0. The van der Waals surface area contributed by atoms with Gasteiger partial charge in [0.1, 0.15) is 0 Å². The Morgan fingerprint density at radius 2 is 2.16 bits per heavy atom. The molecular weight excluding hydrogens is 244 g/mol. The molecule has 1 atom stereocenters. The van der Waals surface area contributed by atoms with Crippen LogP contribution in [0.3, 0.4) is 0 Å². The Morgan fingerprint density at radius 1 is 1.42 bits per heavy atom. The Morgan fingerprint density at radius 3 is 2.74 bits per heavy atom. The van der Waals surface area contributed by atoms with E-state index in [1.807, 2.05) is 0 Å². The Kier molecular flexibility index (Phi) is 7.34. The van der Waals surface area contributed by atoms with E-state index in [0.717, 1.165) is 32.4 Å². The molecule has 0 aliphatic carbocycles. The van der Waals surface area contributed by atoms with Gasteiger partial charge in [0.05, 0.1) is 13.2 Å². The molecule has 0 aromatic carbocycles. The van der Waals surface area contributed by atoms with Crippen LogP contribution in [-0.2, 0) is 9.53 Å². The summed E-state index contributed by atoms with van der Waals surface area (Å²) in [6.45, 7) is 8.05. The van der Waals surface area contributed by atoms with Crippen molar-refractivity contribution in [3.8, 4) is 0 Å². The molecule has 0 amide bonds. The van der Waals surface area contributed by atoms with E-state index < -0.39 is 5.97 Å². The summed E-state index contributed by atoms with van der Waals surface area (Å²) in [7, 11) is 1.66. The predicted octanol–water partition coefficient (Wildman–Crippen LogP) is 1.28. The Hall–Kier alpha value is -0.650. The van der Waals surface area contributed by atoms with Crippen LogP contribution in [0.2, 0.25) is 0 Å². The van der Waals surface area contributed by atoms with Gasteiger partial charge in [0.2, 0.25) is 0 Å². The van der Waals surface area contributed by atoms with Gasteiger partial charge in [-0.05, 0) is 46.2 Å². The summed E-state index contributed by atoms with van der Waals surface area (Å²) in [4.78, 5) is 15.5. The average molecular weight is 272 g/mol. The van der Waals surface area contributed by atoms with Crippen molar-refractivity contribution in [3.63, 3.8) is 0 Å². The van der Waals surface area contributed by atoms with E-state index in [1.165, 1.54) is 0 Å². The second-order valence-corrected chi connectivity index (χ2v) is 5.57. The van der Waals surface area contributed by atoms with Crippen molar-refractivity contribution in [2.45, 2.75) is 45.2 Å². The number of ether oxygens (including phenoxy) is 1. The van der Waals surface area contributed by atoms with E-state index in [1.54, 1.807) is 7.11 Å². The lowest BCUT2D eigenvalue weighted by Crippen LogP contribution is -2.42. The summed E-state index contributed by atoms with van der Waals surface area (Å²) in [6.07, 6.45) is 3.28. The van der Waals surface area contributed by atoms with Gasteiger partial charge >= 0.3 is 5.97 Å². The molecular formula is C14H28N2O3. The quantitative estimate of drug-likeness (QED) is 0.756. The fraction of sp³-hybridized carbons (Fsp3) is 0.929. The van der Waals surface area contributed by atoms with Crippen molar-refractivity contribution < 1.29 is 14.6 Å². The van der Waals surface area contributed by atoms with Crippen molar-refractivity contribution in [2.24, 2.45) is 0 Å². The fourth-order valence-corrected chi connectivity index (χ4v) is 2.76. The van der Waals surface area contributed by atoms with Crippen molar-refractivity contribution in [1.82, 2.24) is 9.80 Å². The molecule has 1 rings (SSSR count). The van der Waals surface area contributed by atoms with E-state index in [9.17, 15) is 4.79 Å². The van der Waals surface area contributed by atoms with E-state index >= 15 is 0 Å². The number of nitrogens with zero attached hydrogens (tertiary/aromatic N) is 2. The molecule has 1 fully saturated rings. The Bertz CT molecular complexity index is 271. The Balaban J connectivity index is 2.55. The van der Waals surface area contributed by atoms with Gasteiger partial charge in [-0.3, -0.25) is 9.69 Å². The van der Waals surface area contributed by atoms with E-state index in [2.05, 4.69) is 23.6 Å². The van der Waals surface area contributed by atoms with Crippen LogP contribution in [0.1, 0.15) is 33.1 Å². The molecule has 1 aliphatic rings.